The molecule has 1 aliphatic carbocycles. The number of carboxylic acids is 1. The van der Waals surface area contributed by atoms with E-state index in [4.69, 9.17) is 5.11 Å². The molecule has 0 unspecified atom stereocenters. The van der Waals surface area contributed by atoms with E-state index in [9.17, 15) is 9.59 Å². The standard InChI is InChI=1S/C13H16N2O4/c1-19-12(18)9-3-6-14-10(7-9)15-13(4-2-5-13)8-11(16)17/h3,6-7H,2,4-5,8H2,1H3,(H,14,15)(H,16,17). The molecule has 6 heteroatoms. The zero-order valence-electron chi connectivity index (χ0n) is 10.7. The fourth-order valence-electron chi connectivity index (χ4n) is 2.25. The van der Waals surface area contributed by atoms with Gasteiger partial charge >= 0.3 is 11.9 Å². The predicted octanol–water partition coefficient (Wildman–Crippen LogP) is 1.68. The second-order valence-corrected chi connectivity index (χ2v) is 4.75. The Kier molecular flexibility index (Phi) is 3.69. The van der Waals surface area contributed by atoms with Crippen LogP contribution in [-0.4, -0.2) is 34.7 Å². The fraction of sp³-hybridized carbons (Fsp3) is 0.462. The van der Waals surface area contributed by atoms with Crippen molar-refractivity contribution in [3.63, 3.8) is 0 Å². The molecule has 0 radical (unpaired) electrons. The number of rotatable bonds is 5. The number of hydrogen-bond donors (Lipinski definition) is 2. The molecule has 1 aliphatic rings. The summed E-state index contributed by atoms with van der Waals surface area (Å²) in [5.41, 5.74) is -0.0436. The van der Waals surface area contributed by atoms with Gasteiger partial charge in [0.25, 0.3) is 0 Å². The number of pyridine rings is 1. The summed E-state index contributed by atoms with van der Waals surface area (Å²) in [5, 5.41) is 12.1. The van der Waals surface area contributed by atoms with E-state index in [1.807, 2.05) is 0 Å². The van der Waals surface area contributed by atoms with Crippen molar-refractivity contribution in [2.24, 2.45) is 0 Å². The first-order valence-corrected chi connectivity index (χ1v) is 6.09. The summed E-state index contributed by atoms with van der Waals surface area (Å²) in [6.07, 6.45) is 4.14. The molecule has 0 bridgehead atoms. The first kappa shape index (κ1) is 13.3. The van der Waals surface area contributed by atoms with Crippen molar-refractivity contribution in [2.45, 2.75) is 31.2 Å². The van der Waals surface area contributed by atoms with Gasteiger partial charge in [0.1, 0.15) is 5.82 Å². The van der Waals surface area contributed by atoms with Crippen molar-refractivity contribution in [1.82, 2.24) is 4.98 Å². The number of nitrogens with one attached hydrogen (secondary N) is 1. The van der Waals surface area contributed by atoms with Crippen molar-refractivity contribution in [3.05, 3.63) is 23.9 Å². The molecule has 6 nitrogen and oxygen atoms in total. The first-order valence-electron chi connectivity index (χ1n) is 6.09. The molecule has 102 valence electrons. The van der Waals surface area contributed by atoms with Crippen LogP contribution in [0.1, 0.15) is 36.0 Å². The lowest BCUT2D eigenvalue weighted by atomic mass is 9.74. The van der Waals surface area contributed by atoms with Crippen LogP contribution >= 0.6 is 0 Å². The van der Waals surface area contributed by atoms with Gasteiger partial charge in [-0.1, -0.05) is 0 Å². The third-order valence-corrected chi connectivity index (χ3v) is 3.37. The third-order valence-electron chi connectivity index (χ3n) is 3.37. The maximum Gasteiger partial charge on any atom is 0.338 e. The second kappa shape index (κ2) is 5.26. The minimum atomic E-state index is -0.837. The van der Waals surface area contributed by atoms with Crippen molar-refractivity contribution >= 4 is 17.8 Å². The normalized spacial score (nSPS) is 16.3. The van der Waals surface area contributed by atoms with Gasteiger partial charge in [-0.05, 0) is 31.4 Å². The zero-order chi connectivity index (χ0) is 13.9. The average molecular weight is 264 g/mol. The molecular formula is C13H16N2O4. The molecule has 0 saturated heterocycles. The van der Waals surface area contributed by atoms with Gasteiger partial charge in [-0.3, -0.25) is 4.79 Å². The summed E-state index contributed by atoms with van der Waals surface area (Å²) >= 11 is 0. The van der Waals surface area contributed by atoms with E-state index >= 15 is 0 Å². The van der Waals surface area contributed by atoms with Gasteiger partial charge in [-0.2, -0.15) is 0 Å². The SMILES string of the molecule is COC(=O)c1ccnc(NC2(CC(=O)O)CCC2)c1. The molecule has 0 atom stereocenters. The number of methoxy groups -OCH3 is 1. The number of aliphatic carboxylic acids is 1. The summed E-state index contributed by atoms with van der Waals surface area (Å²) in [6, 6.07) is 3.13. The summed E-state index contributed by atoms with van der Waals surface area (Å²) in [7, 11) is 1.31. The van der Waals surface area contributed by atoms with Crippen LogP contribution in [-0.2, 0) is 9.53 Å². The van der Waals surface area contributed by atoms with Crippen molar-refractivity contribution in [1.29, 1.82) is 0 Å². The van der Waals surface area contributed by atoms with Crippen LogP contribution in [0.25, 0.3) is 0 Å². The van der Waals surface area contributed by atoms with Crippen LogP contribution in [0.2, 0.25) is 0 Å². The second-order valence-electron chi connectivity index (χ2n) is 4.75. The Balaban J connectivity index is 2.14. The number of anilines is 1. The van der Waals surface area contributed by atoms with Crippen LogP contribution in [0.15, 0.2) is 18.3 Å². The molecule has 0 amide bonds. The van der Waals surface area contributed by atoms with Gasteiger partial charge in [0.2, 0.25) is 0 Å². The molecule has 1 saturated carbocycles. The van der Waals surface area contributed by atoms with Gasteiger partial charge in [-0.25, -0.2) is 9.78 Å². The van der Waals surface area contributed by atoms with E-state index in [-0.39, 0.29) is 6.42 Å². The number of carbonyl (C=O) groups excluding carboxylic acids is 1. The van der Waals surface area contributed by atoms with Crippen LogP contribution in [0, 0.1) is 0 Å². The third kappa shape index (κ3) is 3.01. The van der Waals surface area contributed by atoms with E-state index in [0.717, 1.165) is 19.3 Å². The lowest BCUT2D eigenvalue weighted by molar-refractivity contribution is -0.138. The van der Waals surface area contributed by atoms with Crippen LogP contribution in [0.4, 0.5) is 5.82 Å². The van der Waals surface area contributed by atoms with Gasteiger partial charge in [-0.15, -0.1) is 0 Å². The first-order chi connectivity index (χ1) is 9.04. The van der Waals surface area contributed by atoms with E-state index < -0.39 is 17.5 Å². The largest absolute Gasteiger partial charge is 0.481 e. The van der Waals surface area contributed by atoms with E-state index in [1.54, 1.807) is 12.1 Å². The Bertz CT molecular complexity index is 497. The molecule has 0 spiro atoms. The number of nitrogens with zero attached hydrogens (tertiary/aromatic N) is 1. The Morgan fingerprint density at radius 2 is 2.26 bits per heavy atom. The highest BCUT2D eigenvalue weighted by Gasteiger charge is 2.39. The Labute approximate surface area is 110 Å². The van der Waals surface area contributed by atoms with Crippen molar-refractivity contribution in [2.75, 3.05) is 12.4 Å². The number of carboxylic acid groups (broad SMARTS) is 1. The van der Waals surface area contributed by atoms with E-state index in [1.165, 1.54) is 13.3 Å². The number of hydrogen-bond acceptors (Lipinski definition) is 5. The summed E-state index contributed by atoms with van der Waals surface area (Å²) in [5.74, 6) is -0.772. The number of ether oxygens (including phenoxy) is 1. The van der Waals surface area contributed by atoms with Crippen molar-refractivity contribution < 1.29 is 19.4 Å². The summed E-state index contributed by atoms with van der Waals surface area (Å²) in [4.78, 5) is 26.4. The smallest absolute Gasteiger partial charge is 0.338 e. The summed E-state index contributed by atoms with van der Waals surface area (Å²) < 4.78 is 4.64. The molecule has 2 N–H and O–H groups in total. The molecule has 0 aromatic carbocycles. The van der Waals surface area contributed by atoms with Crippen molar-refractivity contribution in [3.8, 4) is 0 Å². The fourth-order valence-corrected chi connectivity index (χ4v) is 2.25. The van der Waals surface area contributed by atoms with Crippen LogP contribution < -0.4 is 5.32 Å². The quantitative estimate of drug-likeness (QED) is 0.786. The van der Waals surface area contributed by atoms with Gasteiger partial charge in [0.15, 0.2) is 0 Å². The topological polar surface area (TPSA) is 88.5 Å². The molecule has 1 aromatic heterocycles. The molecule has 19 heavy (non-hydrogen) atoms. The Hall–Kier alpha value is -2.11. The van der Waals surface area contributed by atoms with E-state index in [2.05, 4.69) is 15.0 Å². The molecule has 2 rings (SSSR count). The molecule has 1 aromatic rings. The highest BCUT2D eigenvalue weighted by molar-refractivity contribution is 5.90. The maximum atomic E-state index is 11.4. The van der Waals surface area contributed by atoms with Gasteiger partial charge < -0.3 is 15.2 Å². The Morgan fingerprint density at radius 1 is 1.53 bits per heavy atom. The van der Waals surface area contributed by atoms with E-state index in [0.29, 0.717) is 11.4 Å². The minimum absolute atomic E-state index is 0.0527. The maximum absolute atomic E-state index is 11.4. The lowest BCUT2D eigenvalue weighted by Crippen LogP contribution is -2.47. The highest BCUT2D eigenvalue weighted by Crippen LogP contribution is 2.37. The lowest BCUT2D eigenvalue weighted by Gasteiger charge is -2.41. The molecule has 1 fully saturated rings. The number of carbonyl (C=O) groups is 2. The van der Waals surface area contributed by atoms with Gasteiger partial charge in [0, 0.05) is 11.7 Å². The Morgan fingerprint density at radius 3 is 2.79 bits per heavy atom. The van der Waals surface area contributed by atoms with Gasteiger partial charge in [0.05, 0.1) is 19.1 Å². The number of aromatic nitrogens is 1. The molecule has 1 heterocycles. The van der Waals surface area contributed by atoms with Crippen LogP contribution in [0.5, 0.6) is 0 Å². The molecular weight excluding hydrogens is 248 g/mol. The average Bonchev–Trinajstić information content (AvgIpc) is 2.35. The highest BCUT2D eigenvalue weighted by atomic mass is 16.5. The minimum Gasteiger partial charge on any atom is -0.481 e. The monoisotopic (exact) mass is 264 g/mol. The number of esters is 1. The predicted molar refractivity (Wildman–Crippen MR) is 68.0 cm³/mol. The summed E-state index contributed by atoms with van der Waals surface area (Å²) in [6.45, 7) is 0. The molecule has 0 aliphatic heterocycles. The van der Waals surface area contributed by atoms with Crippen LogP contribution in [0.3, 0.4) is 0 Å². The zero-order valence-corrected chi connectivity index (χ0v) is 10.7.